The van der Waals surface area contributed by atoms with Gasteiger partial charge in [-0.25, -0.2) is 0 Å². The molecule has 1 heterocycles. The Labute approximate surface area is 123 Å². The molecule has 0 aliphatic rings. The van der Waals surface area contributed by atoms with Crippen molar-refractivity contribution in [2.24, 2.45) is 5.73 Å². The second-order valence-electron chi connectivity index (χ2n) is 5.13. The second kappa shape index (κ2) is 6.99. The van der Waals surface area contributed by atoms with Crippen molar-refractivity contribution in [2.75, 3.05) is 0 Å². The summed E-state index contributed by atoms with van der Waals surface area (Å²) in [5, 5.41) is 6.75. The number of nitrogens with two attached hydrogens (primary N) is 1. The van der Waals surface area contributed by atoms with E-state index < -0.39 is 0 Å². The number of nitrogens with zero attached hydrogens (tertiary/aromatic N) is 2. The maximum atomic E-state index is 11.8. The van der Waals surface area contributed by atoms with Crippen molar-refractivity contribution in [2.45, 2.75) is 38.8 Å². The quantitative estimate of drug-likeness (QED) is 0.848. The molecule has 0 spiro atoms. The lowest BCUT2D eigenvalue weighted by molar-refractivity contribution is -0.121. The van der Waals surface area contributed by atoms with Gasteiger partial charge in [0, 0.05) is 18.0 Å². The monoisotopic (exact) mass is 288 g/mol. The van der Waals surface area contributed by atoms with Crippen molar-refractivity contribution >= 4 is 5.91 Å². The third-order valence-corrected chi connectivity index (χ3v) is 3.05. The van der Waals surface area contributed by atoms with Gasteiger partial charge in [-0.05, 0) is 32.4 Å². The summed E-state index contributed by atoms with van der Waals surface area (Å²) in [6.07, 6.45) is 1.05. The Kier molecular flexibility index (Phi) is 5.05. The van der Waals surface area contributed by atoms with E-state index in [9.17, 15) is 4.79 Å². The Morgan fingerprint density at radius 3 is 2.71 bits per heavy atom. The first-order valence-electron chi connectivity index (χ1n) is 7.00. The molecular weight excluding hydrogens is 268 g/mol. The number of carbonyl (C=O) groups excluding carboxylic acids is 1. The van der Waals surface area contributed by atoms with E-state index >= 15 is 0 Å². The highest BCUT2D eigenvalue weighted by molar-refractivity contribution is 5.76. The second-order valence-corrected chi connectivity index (χ2v) is 5.13. The highest BCUT2D eigenvalue weighted by Gasteiger charge is 2.16. The van der Waals surface area contributed by atoms with Crippen LogP contribution in [0.4, 0.5) is 0 Å². The molecular formula is C15H20N4O2. The van der Waals surface area contributed by atoms with Gasteiger partial charge in [0.15, 0.2) is 5.82 Å². The fraction of sp³-hybridized carbons (Fsp3) is 0.400. The van der Waals surface area contributed by atoms with E-state index in [-0.39, 0.29) is 18.0 Å². The Bertz CT molecular complexity index is 580. The SMILES string of the molecule is CC(N)CCC(=O)NC(C)c1noc(-c2ccccc2)n1. The van der Waals surface area contributed by atoms with Crippen LogP contribution in [0.15, 0.2) is 34.9 Å². The summed E-state index contributed by atoms with van der Waals surface area (Å²) in [5.74, 6) is 0.844. The minimum absolute atomic E-state index is 0.0147. The third-order valence-electron chi connectivity index (χ3n) is 3.05. The lowest BCUT2D eigenvalue weighted by atomic mass is 10.2. The number of hydrogen-bond acceptors (Lipinski definition) is 5. The van der Waals surface area contributed by atoms with Gasteiger partial charge < -0.3 is 15.6 Å². The average molecular weight is 288 g/mol. The standard InChI is InChI=1S/C15H20N4O2/c1-10(16)8-9-13(20)17-11(2)14-18-15(21-19-14)12-6-4-3-5-7-12/h3-7,10-11H,8-9,16H2,1-2H3,(H,17,20). The topological polar surface area (TPSA) is 94.0 Å². The Morgan fingerprint density at radius 1 is 1.33 bits per heavy atom. The van der Waals surface area contributed by atoms with Gasteiger partial charge in [-0.3, -0.25) is 4.79 Å². The zero-order chi connectivity index (χ0) is 15.2. The molecule has 2 rings (SSSR count). The molecule has 3 N–H and O–H groups in total. The van der Waals surface area contributed by atoms with Crippen LogP contribution in [-0.4, -0.2) is 22.1 Å². The smallest absolute Gasteiger partial charge is 0.257 e. The van der Waals surface area contributed by atoms with Crippen LogP contribution in [0, 0.1) is 0 Å². The van der Waals surface area contributed by atoms with E-state index in [4.69, 9.17) is 10.3 Å². The van der Waals surface area contributed by atoms with Crippen LogP contribution < -0.4 is 11.1 Å². The van der Waals surface area contributed by atoms with E-state index in [0.717, 1.165) is 5.56 Å². The van der Waals surface area contributed by atoms with Crippen molar-refractivity contribution in [3.05, 3.63) is 36.2 Å². The van der Waals surface area contributed by atoms with Crippen LogP contribution in [0.3, 0.4) is 0 Å². The number of hydrogen-bond donors (Lipinski definition) is 2. The van der Waals surface area contributed by atoms with Crippen molar-refractivity contribution in [3.8, 4) is 11.5 Å². The molecule has 1 aromatic carbocycles. The lowest BCUT2D eigenvalue weighted by Gasteiger charge is -2.10. The largest absolute Gasteiger partial charge is 0.346 e. The minimum Gasteiger partial charge on any atom is -0.346 e. The zero-order valence-corrected chi connectivity index (χ0v) is 12.2. The highest BCUT2D eigenvalue weighted by atomic mass is 16.5. The Morgan fingerprint density at radius 2 is 2.05 bits per heavy atom. The fourth-order valence-electron chi connectivity index (χ4n) is 1.85. The average Bonchev–Trinajstić information content (AvgIpc) is 2.96. The lowest BCUT2D eigenvalue weighted by Crippen LogP contribution is -2.28. The van der Waals surface area contributed by atoms with Crippen LogP contribution in [-0.2, 0) is 4.79 Å². The van der Waals surface area contributed by atoms with Crippen LogP contribution >= 0.6 is 0 Å². The first-order chi connectivity index (χ1) is 10.1. The van der Waals surface area contributed by atoms with E-state index in [1.807, 2.05) is 44.2 Å². The minimum atomic E-state index is -0.299. The van der Waals surface area contributed by atoms with Crippen LogP contribution in [0.25, 0.3) is 11.5 Å². The summed E-state index contributed by atoms with van der Waals surface area (Å²) in [6.45, 7) is 3.70. The van der Waals surface area contributed by atoms with Gasteiger partial charge in [-0.1, -0.05) is 23.4 Å². The molecule has 1 aromatic heterocycles. The van der Waals surface area contributed by atoms with Gasteiger partial charge in [0.05, 0.1) is 6.04 Å². The van der Waals surface area contributed by atoms with Crippen LogP contribution in [0.5, 0.6) is 0 Å². The molecule has 0 saturated carbocycles. The van der Waals surface area contributed by atoms with E-state index in [1.54, 1.807) is 0 Å². The normalized spacial score (nSPS) is 13.7. The molecule has 0 saturated heterocycles. The molecule has 0 aliphatic carbocycles. The molecule has 0 fully saturated rings. The predicted molar refractivity (Wildman–Crippen MR) is 79.2 cm³/mol. The maximum absolute atomic E-state index is 11.8. The number of amides is 1. The van der Waals surface area contributed by atoms with Gasteiger partial charge in [0.1, 0.15) is 0 Å². The summed E-state index contributed by atoms with van der Waals surface area (Å²) >= 11 is 0. The molecule has 1 amide bonds. The summed E-state index contributed by atoms with van der Waals surface area (Å²) in [6, 6.07) is 9.22. The highest BCUT2D eigenvalue weighted by Crippen LogP contribution is 2.18. The Balaban J connectivity index is 1.96. The first-order valence-corrected chi connectivity index (χ1v) is 7.00. The summed E-state index contributed by atoms with van der Waals surface area (Å²) in [4.78, 5) is 16.1. The van der Waals surface area contributed by atoms with E-state index in [2.05, 4.69) is 15.5 Å². The molecule has 2 unspecified atom stereocenters. The van der Waals surface area contributed by atoms with Crippen molar-refractivity contribution in [1.29, 1.82) is 0 Å². The molecule has 2 atom stereocenters. The van der Waals surface area contributed by atoms with Gasteiger partial charge in [0.25, 0.3) is 5.89 Å². The summed E-state index contributed by atoms with van der Waals surface area (Å²) in [5.41, 5.74) is 6.48. The summed E-state index contributed by atoms with van der Waals surface area (Å²) < 4.78 is 5.22. The fourth-order valence-corrected chi connectivity index (χ4v) is 1.85. The third kappa shape index (κ3) is 4.39. The molecule has 21 heavy (non-hydrogen) atoms. The van der Waals surface area contributed by atoms with E-state index in [1.165, 1.54) is 0 Å². The van der Waals surface area contributed by atoms with Gasteiger partial charge in [-0.2, -0.15) is 4.98 Å². The molecule has 0 bridgehead atoms. The molecule has 112 valence electrons. The number of carbonyl (C=O) groups is 1. The molecule has 2 aromatic rings. The van der Waals surface area contributed by atoms with Crippen LogP contribution in [0.2, 0.25) is 0 Å². The van der Waals surface area contributed by atoms with Gasteiger partial charge in [0.2, 0.25) is 5.91 Å². The zero-order valence-electron chi connectivity index (χ0n) is 12.2. The van der Waals surface area contributed by atoms with Gasteiger partial charge in [-0.15, -0.1) is 0 Å². The molecule has 0 radical (unpaired) electrons. The predicted octanol–water partition coefficient (Wildman–Crippen LogP) is 2.04. The van der Waals surface area contributed by atoms with Crippen molar-refractivity contribution in [1.82, 2.24) is 15.5 Å². The molecule has 0 aliphatic heterocycles. The number of aromatic nitrogens is 2. The number of benzene rings is 1. The number of rotatable bonds is 6. The van der Waals surface area contributed by atoms with Crippen molar-refractivity contribution < 1.29 is 9.32 Å². The first kappa shape index (κ1) is 15.2. The Hall–Kier alpha value is -2.21. The summed E-state index contributed by atoms with van der Waals surface area (Å²) in [7, 11) is 0. The van der Waals surface area contributed by atoms with Crippen LogP contribution in [0.1, 0.15) is 38.6 Å². The van der Waals surface area contributed by atoms with E-state index in [0.29, 0.717) is 24.6 Å². The number of nitrogens with one attached hydrogen (secondary N) is 1. The maximum Gasteiger partial charge on any atom is 0.257 e. The molecule has 6 nitrogen and oxygen atoms in total. The van der Waals surface area contributed by atoms with Gasteiger partial charge >= 0.3 is 0 Å². The molecule has 6 heteroatoms. The van der Waals surface area contributed by atoms with Crippen molar-refractivity contribution in [3.63, 3.8) is 0 Å².